The number of hydrogen-bond acceptors (Lipinski definition) is 7. The first-order chi connectivity index (χ1) is 23.2. The van der Waals surface area contributed by atoms with E-state index < -0.39 is 25.2 Å². The molecule has 1 unspecified atom stereocenters. The second kappa shape index (κ2) is 13.6. The molecule has 1 aromatic rings. The number of aliphatic imine (C=N–C) groups is 1. The fourth-order valence-corrected chi connectivity index (χ4v) is 11.4. The summed E-state index contributed by atoms with van der Waals surface area (Å²) in [6.45, 7) is 3.60. The molecule has 1 aromatic carbocycles. The maximum atomic E-state index is 13.1. The van der Waals surface area contributed by atoms with Crippen LogP contribution in [0.25, 0.3) is 5.70 Å². The van der Waals surface area contributed by atoms with Gasteiger partial charge >= 0.3 is 209 Å². The van der Waals surface area contributed by atoms with E-state index in [1.165, 1.54) is 6.42 Å². The van der Waals surface area contributed by atoms with Crippen LogP contribution in [0.2, 0.25) is 0 Å². The predicted molar refractivity (Wildman–Crippen MR) is 190 cm³/mol. The predicted octanol–water partition coefficient (Wildman–Crippen LogP) is 3.01. The third kappa shape index (κ3) is 6.71. The van der Waals surface area contributed by atoms with E-state index in [1.807, 2.05) is 48.4 Å². The molecule has 1 atom stereocenters. The molecule has 254 valence electrons. The number of carbonyl (C=O) groups is 5. The third-order valence-electron chi connectivity index (χ3n) is 10.4. The van der Waals surface area contributed by atoms with Gasteiger partial charge in [-0.05, 0) is 6.42 Å². The van der Waals surface area contributed by atoms with E-state index in [2.05, 4.69) is 29.0 Å². The first-order valence-electron chi connectivity index (χ1n) is 16.8. The van der Waals surface area contributed by atoms with Crippen LogP contribution < -0.4 is 16.0 Å². The monoisotopic (exact) mass is 767 g/mol. The van der Waals surface area contributed by atoms with Gasteiger partial charge in [0.2, 0.25) is 11.8 Å². The van der Waals surface area contributed by atoms with Crippen molar-refractivity contribution in [3.05, 3.63) is 61.3 Å². The molecule has 6 aliphatic rings. The van der Waals surface area contributed by atoms with Gasteiger partial charge in [0.1, 0.15) is 0 Å². The zero-order chi connectivity index (χ0) is 33.4. The van der Waals surface area contributed by atoms with Gasteiger partial charge in [0.05, 0.1) is 5.41 Å². The maximum absolute atomic E-state index is 13.1. The number of rotatable bonds is 8. The Morgan fingerprint density at radius 2 is 1.90 bits per heavy atom. The van der Waals surface area contributed by atoms with Crippen LogP contribution in [0.4, 0.5) is 4.79 Å². The van der Waals surface area contributed by atoms with Crippen LogP contribution in [0.5, 0.6) is 0 Å². The minimum atomic E-state index is -1.87. The number of amides is 6. The number of nitrogens with zero attached hydrogens (tertiary/aromatic N) is 4. The Labute approximate surface area is 287 Å². The number of likely N-dealkylation sites (N-methyl/N-ethyl adjacent to an activating group) is 1. The molecular weight excluding hydrogens is 725 g/mol. The second-order valence-corrected chi connectivity index (χ2v) is 17.9. The molecule has 1 spiro atoms. The first-order valence-corrected chi connectivity index (χ1v) is 20.4. The summed E-state index contributed by atoms with van der Waals surface area (Å²) in [6, 6.07) is 7.79. The van der Waals surface area contributed by atoms with Crippen molar-refractivity contribution in [1.29, 1.82) is 0 Å². The summed E-state index contributed by atoms with van der Waals surface area (Å²) in [7, 11) is 1.90. The van der Waals surface area contributed by atoms with Crippen molar-refractivity contribution in [3.8, 4) is 0 Å². The zero-order valence-corrected chi connectivity index (χ0v) is 29.3. The van der Waals surface area contributed by atoms with Gasteiger partial charge in [0.25, 0.3) is 0 Å². The van der Waals surface area contributed by atoms with Crippen molar-refractivity contribution in [2.24, 2.45) is 10.4 Å². The molecule has 5 aliphatic heterocycles. The summed E-state index contributed by atoms with van der Waals surface area (Å²) in [5.41, 5.74) is 2.35. The Balaban J connectivity index is 0.852. The molecule has 13 heteroatoms. The van der Waals surface area contributed by atoms with E-state index in [-0.39, 0.29) is 48.7 Å². The topological polar surface area (TPSA) is 144 Å². The van der Waals surface area contributed by atoms with Gasteiger partial charge in [-0.2, -0.15) is 0 Å². The average Bonchev–Trinajstić information content (AvgIpc) is 3.76. The van der Waals surface area contributed by atoms with Crippen LogP contribution in [0.3, 0.4) is 0 Å². The summed E-state index contributed by atoms with van der Waals surface area (Å²) >= 11 is -1.87. The molecule has 1 saturated carbocycles. The number of hydrogen-bond donors (Lipinski definition) is 3. The number of allylic oxidation sites excluding steroid dienone is 1. The number of urea groups is 1. The van der Waals surface area contributed by atoms with Crippen LogP contribution in [0, 0.1) is 5.41 Å². The molecule has 0 aromatic heterocycles. The molecular formula is C35H42IN7O5. The molecule has 1 aliphatic carbocycles. The van der Waals surface area contributed by atoms with Crippen molar-refractivity contribution in [3.63, 3.8) is 0 Å². The number of likely N-dealkylation sites (tertiary alicyclic amines) is 2. The van der Waals surface area contributed by atoms with E-state index in [0.29, 0.717) is 37.7 Å². The van der Waals surface area contributed by atoms with Crippen molar-refractivity contribution >= 4 is 58.9 Å². The minimum absolute atomic E-state index is 0.0501. The van der Waals surface area contributed by atoms with Gasteiger partial charge in [-0.15, -0.1) is 0 Å². The van der Waals surface area contributed by atoms with Crippen molar-refractivity contribution < 1.29 is 24.0 Å². The van der Waals surface area contributed by atoms with Gasteiger partial charge in [-0.3, -0.25) is 14.9 Å². The van der Waals surface area contributed by atoms with Crippen molar-refractivity contribution in [1.82, 2.24) is 30.7 Å². The molecule has 4 fully saturated rings. The van der Waals surface area contributed by atoms with E-state index in [1.54, 1.807) is 4.90 Å². The van der Waals surface area contributed by atoms with Gasteiger partial charge in [-0.25, -0.2) is 4.79 Å². The number of benzene rings is 1. The number of nitrogens with one attached hydrogen (secondary N) is 3. The summed E-state index contributed by atoms with van der Waals surface area (Å²) < 4.78 is 5.40. The van der Waals surface area contributed by atoms with Gasteiger partial charge in [-0.1, -0.05) is 0 Å². The number of fused-ring (bicyclic) bond motifs is 1. The fraction of sp³-hybridized carbons (Fsp3) is 0.486. The number of halogens is 1. The number of imide groups is 1. The zero-order valence-electron chi connectivity index (χ0n) is 27.2. The molecule has 0 radical (unpaired) electrons. The molecule has 3 saturated heterocycles. The Kier molecular flexibility index (Phi) is 9.24. The first kappa shape index (κ1) is 32.7. The van der Waals surface area contributed by atoms with E-state index in [0.717, 1.165) is 59.3 Å². The van der Waals surface area contributed by atoms with Gasteiger partial charge in [0.15, 0.2) is 0 Å². The van der Waals surface area contributed by atoms with Gasteiger partial charge in [0, 0.05) is 25.6 Å². The van der Waals surface area contributed by atoms with Gasteiger partial charge < -0.3 is 10.2 Å². The second-order valence-electron chi connectivity index (χ2n) is 13.6. The summed E-state index contributed by atoms with van der Waals surface area (Å²) in [5, 5.41) is 8.54. The molecule has 5 heterocycles. The van der Waals surface area contributed by atoms with E-state index in [9.17, 15) is 24.0 Å². The van der Waals surface area contributed by atoms with Crippen LogP contribution in [-0.2, 0) is 14.4 Å². The summed E-state index contributed by atoms with van der Waals surface area (Å²) in [5.74, 6) is -0.560. The van der Waals surface area contributed by atoms with Crippen LogP contribution in [0.1, 0.15) is 60.9 Å². The third-order valence-corrected chi connectivity index (χ3v) is 14.9. The SMILES string of the molecule is CN(C(=O)C1=CI2C=C(c3cccc(C(=O)NCCN4CCC(NC(=O)N5CCC6(CC(=O)NC6=O)C5)CC4)c3)N=C2C=C1)C1CCC1. The Bertz CT molecular complexity index is 1660. The number of carbonyl (C=O) groups excluding carboxylic acids is 5. The van der Waals surface area contributed by atoms with Crippen molar-refractivity contribution in [2.45, 2.75) is 57.0 Å². The normalized spacial score (nSPS) is 24.9. The van der Waals surface area contributed by atoms with E-state index >= 15 is 0 Å². The summed E-state index contributed by atoms with van der Waals surface area (Å²) in [4.78, 5) is 73.6. The quantitative estimate of drug-likeness (QED) is 0.275. The molecule has 12 nitrogen and oxygen atoms in total. The van der Waals surface area contributed by atoms with Crippen LogP contribution in [-0.4, -0.2) is 106 Å². The molecule has 6 amide bonds. The Hall–Kier alpha value is -3.85. The van der Waals surface area contributed by atoms with E-state index in [4.69, 9.17) is 4.99 Å². The number of piperidine rings is 1. The fourth-order valence-electron chi connectivity index (χ4n) is 7.15. The Morgan fingerprint density at radius 3 is 2.62 bits per heavy atom. The molecule has 3 N–H and O–H groups in total. The standard InChI is InChI=1S/C35H42IN7O5/c1-41(27-6-3-7-27)32(46)25-8-9-29-36(20-25)21-28(39-29)23-4-2-5-24(18-23)31(45)37-13-17-42-14-10-26(11-15-42)38-34(48)43-16-12-35(22-43)19-30(44)40-33(35)47/h2,4-5,8-9,18,20-21,26-27H,3,6-7,10-17,19,22H2,1H3,(H,37,45)(H,38,48)(H,40,44,47). The van der Waals surface area contributed by atoms with Crippen LogP contribution >= 0.6 is 19.8 Å². The molecule has 7 rings (SSSR count). The molecule has 0 bridgehead atoms. The molecule has 48 heavy (non-hydrogen) atoms. The van der Waals surface area contributed by atoms with Crippen LogP contribution in [0.15, 0.2) is 55.1 Å². The Morgan fingerprint density at radius 1 is 1.08 bits per heavy atom. The summed E-state index contributed by atoms with van der Waals surface area (Å²) in [6.07, 6.45) is 9.52. The van der Waals surface area contributed by atoms with Crippen molar-refractivity contribution in [2.75, 3.05) is 46.3 Å². The average molecular weight is 768 g/mol.